The van der Waals surface area contributed by atoms with E-state index in [0.29, 0.717) is 26.8 Å². The van der Waals surface area contributed by atoms with Crippen molar-refractivity contribution in [2.45, 2.75) is 4.90 Å². The van der Waals surface area contributed by atoms with Crippen molar-refractivity contribution < 1.29 is 9.18 Å². The van der Waals surface area contributed by atoms with Crippen molar-refractivity contribution in [3.05, 3.63) is 70.0 Å². The number of halogens is 2. The Bertz CT molecular complexity index is 724. The van der Waals surface area contributed by atoms with Gasteiger partial charge in [-0.25, -0.2) is 4.39 Å². The number of hydrogen-bond donors (Lipinski definition) is 0. The van der Waals surface area contributed by atoms with Crippen LogP contribution in [0.4, 0.5) is 4.39 Å². The second-order valence-corrected chi connectivity index (χ2v) is 5.88. The minimum atomic E-state index is -0.331. The van der Waals surface area contributed by atoms with Crippen LogP contribution in [0.3, 0.4) is 0 Å². The number of thioether (sulfide) groups is 1. The summed E-state index contributed by atoms with van der Waals surface area (Å²) in [5.41, 5.74) is 1.98. The summed E-state index contributed by atoms with van der Waals surface area (Å²) in [4.78, 5) is 12.8. The fraction of sp³-hybridized carbons (Fsp3) is 0.0625. The van der Waals surface area contributed by atoms with Crippen LogP contribution in [0.1, 0.15) is 15.9 Å². The third kappa shape index (κ3) is 2.51. The summed E-state index contributed by atoms with van der Waals surface area (Å²) >= 11 is 7.29. The fourth-order valence-corrected chi connectivity index (χ4v) is 3.36. The predicted octanol–water partition coefficient (Wildman–Crippen LogP) is 4.85. The summed E-state index contributed by atoms with van der Waals surface area (Å²) < 4.78 is 13.6. The molecule has 2 aromatic carbocycles. The van der Waals surface area contributed by atoms with Crippen molar-refractivity contribution in [3.8, 4) is 0 Å². The Hall–Kier alpha value is -1.58. The summed E-state index contributed by atoms with van der Waals surface area (Å²) in [7, 11) is 0. The number of hydrogen-bond acceptors (Lipinski definition) is 2. The Morgan fingerprint density at radius 3 is 2.80 bits per heavy atom. The summed E-state index contributed by atoms with van der Waals surface area (Å²) in [5, 5.41) is 0.627. The van der Waals surface area contributed by atoms with E-state index >= 15 is 0 Å². The highest BCUT2D eigenvalue weighted by Crippen LogP contribution is 2.35. The zero-order valence-electron chi connectivity index (χ0n) is 10.4. The third-order valence-corrected chi connectivity index (χ3v) is 4.46. The van der Waals surface area contributed by atoms with E-state index in [0.717, 1.165) is 5.56 Å². The number of fused-ring (bicyclic) bond motifs is 1. The minimum Gasteiger partial charge on any atom is -0.289 e. The highest BCUT2D eigenvalue weighted by atomic mass is 35.5. The van der Waals surface area contributed by atoms with Gasteiger partial charge in [0, 0.05) is 21.9 Å². The van der Waals surface area contributed by atoms with Crippen molar-refractivity contribution in [3.63, 3.8) is 0 Å². The lowest BCUT2D eigenvalue weighted by molar-refractivity contribution is 0.103. The van der Waals surface area contributed by atoms with E-state index in [9.17, 15) is 9.18 Å². The Kier molecular flexibility index (Phi) is 3.64. The number of carbonyl (C=O) groups excluding carboxylic acids is 1. The number of benzene rings is 2. The molecule has 0 unspecified atom stereocenters. The van der Waals surface area contributed by atoms with Crippen LogP contribution in [0.25, 0.3) is 6.08 Å². The topological polar surface area (TPSA) is 17.1 Å². The average Bonchev–Trinajstić information content (AvgIpc) is 2.43. The Labute approximate surface area is 125 Å². The first-order chi connectivity index (χ1) is 9.65. The van der Waals surface area contributed by atoms with E-state index in [-0.39, 0.29) is 11.6 Å². The number of ketones is 1. The van der Waals surface area contributed by atoms with Crippen LogP contribution >= 0.6 is 23.4 Å². The van der Waals surface area contributed by atoms with E-state index in [1.165, 1.54) is 17.8 Å². The van der Waals surface area contributed by atoms with Crippen LogP contribution in [-0.4, -0.2) is 11.5 Å². The first-order valence-corrected chi connectivity index (χ1v) is 7.43. The minimum absolute atomic E-state index is 0.113. The van der Waals surface area contributed by atoms with Gasteiger partial charge in [0.25, 0.3) is 0 Å². The summed E-state index contributed by atoms with van der Waals surface area (Å²) in [6.07, 6.45) is 1.81. The molecule has 1 nitrogen and oxygen atoms in total. The van der Waals surface area contributed by atoms with Gasteiger partial charge in [-0.3, -0.25) is 4.79 Å². The van der Waals surface area contributed by atoms with Crippen molar-refractivity contribution in [1.82, 2.24) is 0 Å². The van der Waals surface area contributed by atoms with Crippen LogP contribution in [0, 0.1) is 5.82 Å². The maximum Gasteiger partial charge on any atom is 0.191 e. The molecule has 0 saturated heterocycles. The smallest absolute Gasteiger partial charge is 0.191 e. The zero-order valence-corrected chi connectivity index (χ0v) is 12.0. The van der Waals surface area contributed by atoms with Crippen LogP contribution in [-0.2, 0) is 0 Å². The van der Waals surface area contributed by atoms with Gasteiger partial charge in [-0.05, 0) is 35.9 Å². The fourth-order valence-electron chi connectivity index (χ4n) is 2.13. The molecule has 2 aromatic rings. The van der Waals surface area contributed by atoms with Gasteiger partial charge in [0.05, 0.1) is 4.90 Å². The molecule has 0 saturated carbocycles. The van der Waals surface area contributed by atoms with Gasteiger partial charge in [-0.15, -0.1) is 11.8 Å². The monoisotopic (exact) mass is 304 g/mol. The van der Waals surface area contributed by atoms with E-state index in [4.69, 9.17) is 11.6 Å². The molecule has 100 valence electrons. The molecule has 0 fully saturated rings. The molecule has 0 aliphatic carbocycles. The molecule has 0 spiro atoms. The Morgan fingerprint density at radius 1 is 1.20 bits per heavy atom. The van der Waals surface area contributed by atoms with E-state index in [2.05, 4.69) is 0 Å². The third-order valence-electron chi connectivity index (χ3n) is 3.06. The molecule has 4 heteroatoms. The molecule has 0 amide bonds. The molecule has 1 aliphatic heterocycles. The molecule has 0 N–H and O–H groups in total. The highest BCUT2D eigenvalue weighted by molar-refractivity contribution is 7.99. The van der Waals surface area contributed by atoms with Crippen LogP contribution in [0.2, 0.25) is 5.02 Å². The predicted molar refractivity (Wildman–Crippen MR) is 80.9 cm³/mol. The molecule has 0 bridgehead atoms. The van der Waals surface area contributed by atoms with Gasteiger partial charge in [-0.2, -0.15) is 0 Å². The summed E-state index contributed by atoms with van der Waals surface area (Å²) in [6.45, 7) is 0. The second-order valence-electron chi connectivity index (χ2n) is 4.46. The number of carbonyl (C=O) groups is 1. The summed E-state index contributed by atoms with van der Waals surface area (Å²) in [6, 6.07) is 11.9. The molecule has 0 atom stereocenters. The van der Waals surface area contributed by atoms with E-state index < -0.39 is 0 Å². The normalized spacial score (nSPS) is 16.3. The molecular weight excluding hydrogens is 295 g/mol. The molecule has 3 rings (SSSR count). The molecule has 1 heterocycles. The number of Topliss-reactive ketones (excluding diaryl/α,β-unsaturated/α-hetero) is 1. The maximum atomic E-state index is 13.6. The van der Waals surface area contributed by atoms with Crippen molar-refractivity contribution in [2.24, 2.45) is 0 Å². The first-order valence-electron chi connectivity index (χ1n) is 6.07. The van der Waals surface area contributed by atoms with E-state index in [1.807, 2.05) is 18.2 Å². The average molecular weight is 305 g/mol. The molecule has 20 heavy (non-hydrogen) atoms. The highest BCUT2D eigenvalue weighted by Gasteiger charge is 2.24. The lowest BCUT2D eigenvalue weighted by Crippen LogP contribution is -2.13. The lowest BCUT2D eigenvalue weighted by atomic mass is 10.0. The van der Waals surface area contributed by atoms with Crippen LogP contribution < -0.4 is 0 Å². The largest absolute Gasteiger partial charge is 0.289 e. The van der Waals surface area contributed by atoms with Gasteiger partial charge in [0.2, 0.25) is 0 Å². The zero-order chi connectivity index (χ0) is 14.1. The second kappa shape index (κ2) is 5.43. The van der Waals surface area contributed by atoms with Crippen molar-refractivity contribution in [2.75, 3.05) is 5.75 Å². The molecule has 1 aliphatic rings. The van der Waals surface area contributed by atoms with Gasteiger partial charge < -0.3 is 0 Å². The Balaban J connectivity index is 2.00. The van der Waals surface area contributed by atoms with Crippen LogP contribution in [0.15, 0.2) is 52.9 Å². The SMILES string of the molecule is O=C1/C(=C\c2cccc(Cl)c2)CSc2c(F)cccc21. The molecule has 0 radical (unpaired) electrons. The van der Waals surface area contributed by atoms with Gasteiger partial charge in [-0.1, -0.05) is 29.8 Å². The molecular formula is C16H10ClFOS. The van der Waals surface area contributed by atoms with Gasteiger partial charge in [0.1, 0.15) is 5.82 Å². The van der Waals surface area contributed by atoms with Gasteiger partial charge in [0.15, 0.2) is 5.78 Å². The van der Waals surface area contributed by atoms with E-state index in [1.54, 1.807) is 24.3 Å². The quantitative estimate of drug-likeness (QED) is 0.700. The standard InChI is InChI=1S/C16H10ClFOS/c17-12-4-1-3-10(8-12)7-11-9-20-16-13(15(11)19)5-2-6-14(16)18/h1-8H,9H2/b11-7-. The summed E-state index contributed by atoms with van der Waals surface area (Å²) in [5.74, 6) is 0.0279. The van der Waals surface area contributed by atoms with Gasteiger partial charge >= 0.3 is 0 Å². The maximum absolute atomic E-state index is 13.6. The van der Waals surface area contributed by atoms with Crippen molar-refractivity contribution >= 4 is 35.2 Å². The first kappa shape index (κ1) is 13.4. The van der Waals surface area contributed by atoms with Crippen LogP contribution in [0.5, 0.6) is 0 Å². The lowest BCUT2D eigenvalue weighted by Gasteiger charge is -2.17. The molecule has 0 aromatic heterocycles. The van der Waals surface area contributed by atoms with Crippen molar-refractivity contribution in [1.29, 1.82) is 0 Å². The Morgan fingerprint density at radius 2 is 2.00 bits per heavy atom. The number of rotatable bonds is 1.